The lowest BCUT2D eigenvalue weighted by Gasteiger charge is -2.13. The highest BCUT2D eigenvalue weighted by molar-refractivity contribution is 5.43. The molecule has 4 heteroatoms. The number of nitrogens with two attached hydrogens (primary N) is 1. The summed E-state index contributed by atoms with van der Waals surface area (Å²) in [6, 6.07) is 12.9. The fourth-order valence-corrected chi connectivity index (χ4v) is 2.07. The van der Waals surface area contributed by atoms with E-state index in [1.807, 2.05) is 31.2 Å². The summed E-state index contributed by atoms with van der Waals surface area (Å²) >= 11 is 0. The summed E-state index contributed by atoms with van der Waals surface area (Å²) in [5, 5.41) is 9.45. The zero-order chi connectivity index (χ0) is 15.1. The Morgan fingerprint density at radius 1 is 1.00 bits per heavy atom. The number of aromatic hydroxyl groups is 1. The minimum Gasteiger partial charge on any atom is -0.508 e. The van der Waals surface area contributed by atoms with Gasteiger partial charge in [-0.25, -0.2) is 0 Å². The Morgan fingerprint density at radius 3 is 2.57 bits per heavy atom. The molecule has 0 unspecified atom stereocenters. The summed E-state index contributed by atoms with van der Waals surface area (Å²) in [7, 11) is 0. The third-order valence-electron chi connectivity index (χ3n) is 3.05. The van der Waals surface area contributed by atoms with Crippen molar-refractivity contribution in [3.8, 4) is 17.2 Å². The van der Waals surface area contributed by atoms with Crippen molar-refractivity contribution in [1.82, 2.24) is 0 Å². The van der Waals surface area contributed by atoms with Gasteiger partial charge in [-0.15, -0.1) is 0 Å². The van der Waals surface area contributed by atoms with E-state index in [-0.39, 0.29) is 5.75 Å². The Hall–Kier alpha value is -2.20. The molecule has 0 aliphatic rings. The summed E-state index contributed by atoms with van der Waals surface area (Å²) in [5.41, 5.74) is 7.61. The molecule has 2 aromatic rings. The Balaban J connectivity index is 2.11. The molecule has 0 aromatic heterocycles. The summed E-state index contributed by atoms with van der Waals surface area (Å²) in [4.78, 5) is 0. The first-order valence-electron chi connectivity index (χ1n) is 7.09. The summed E-state index contributed by atoms with van der Waals surface area (Å²) in [6.07, 6.45) is 0.812. The topological polar surface area (TPSA) is 64.7 Å². The Kier molecular flexibility index (Phi) is 5.46. The van der Waals surface area contributed by atoms with Crippen molar-refractivity contribution < 1.29 is 14.6 Å². The largest absolute Gasteiger partial charge is 0.508 e. The minimum atomic E-state index is 0.236. The molecule has 0 aliphatic heterocycles. The van der Waals surface area contributed by atoms with Crippen molar-refractivity contribution in [2.75, 3.05) is 13.2 Å². The van der Waals surface area contributed by atoms with Crippen LogP contribution in [-0.4, -0.2) is 18.3 Å². The van der Waals surface area contributed by atoms with Gasteiger partial charge in [-0.05, 0) is 55.3 Å². The van der Waals surface area contributed by atoms with Crippen molar-refractivity contribution in [2.24, 2.45) is 5.73 Å². The molecule has 0 spiro atoms. The predicted molar refractivity (Wildman–Crippen MR) is 82.8 cm³/mol. The summed E-state index contributed by atoms with van der Waals surface area (Å²) in [6.45, 7) is 3.50. The maximum Gasteiger partial charge on any atom is 0.161 e. The third kappa shape index (κ3) is 4.39. The highest BCUT2D eigenvalue weighted by Gasteiger charge is 2.07. The average molecular weight is 287 g/mol. The molecule has 0 saturated carbocycles. The molecule has 3 N–H and O–H groups in total. The number of rotatable bonds is 7. The SMILES string of the molecule is CCOc1cc(CCN)ccc1OCc1cccc(O)c1. The molecule has 0 atom stereocenters. The van der Waals surface area contributed by atoms with Crippen molar-refractivity contribution in [2.45, 2.75) is 20.0 Å². The first-order valence-corrected chi connectivity index (χ1v) is 7.09. The van der Waals surface area contributed by atoms with Gasteiger partial charge in [0.05, 0.1) is 6.61 Å². The van der Waals surface area contributed by atoms with Gasteiger partial charge in [0, 0.05) is 0 Å². The molecule has 2 rings (SSSR count). The van der Waals surface area contributed by atoms with Crippen LogP contribution in [0.15, 0.2) is 42.5 Å². The molecule has 4 nitrogen and oxygen atoms in total. The van der Waals surface area contributed by atoms with E-state index in [4.69, 9.17) is 15.2 Å². The second-order valence-corrected chi connectivity index (χ2v) is 4.71. The van der Waals surface area contributed by atoms with Crippen LogP contribution in [0.4, 0.5) is 0 Å². The lowest BCUT2D eigenvalue weighted by Crippen LogP contribution is -2.04. The number of ether oxygens (including phenoxy) is 2. The van der Waals surface area contributed by atoms with E-state index in [0.29, 0.717) is 25.5 Å². The molecule has 0 radical (unpaired) electrons. The zero-order valence-corrected chi connectivity index (χ0v) is 12.2. The molecule has 0 fully saturated rings. The number of hydrogen-bond donors (Lipinski definition) is 2. The lowest BCUT2D eigenvalue weighted by molar-refractivity contribution is 0.269. The summed E-state index contributed by atoms with van der Waals surface area (Å²) in [5.74, 6) is 1.66. The second-order valence-electron chi connectivity index (χ2n) is 4.71. The first kappa shape index (κ1) is 15.2. The van der Waals surface area contributed by atoms with Gasteiger partial charge >= 0.3 is 0 Å². The highest BCUT2D eigenvalue weighted by Crippen LogP contribution is 2.29. The monoisotopic (exact) mass is 287 g/mol. The van der Waals surface area contributed by atoms with E-state index in [9.17, 15) is 5.11 Å². The van der Waals surface area contributed by atoms with Crippen molar-refractivity contribution >= 4 is 0 Å². The van der Waals surface area contributed by atoms with Gasteiger partial charge in [-0.2, -0.15) is 0 Å². The molecular weight excluding hydrogens is 266 g/mol. The van der Waals surface area contributed by atoms with Crippen LogP contribution in [0.5, 0.6) is 17.2 Å². The first-order chi connectivity index (χ1) is 10.2. The van der Waals surface area contributed by atoms with Gasteiger partial charge in [0.25, 0.3) is 0 Å². The molecule has 0 heterocycles. The van der Waals surface area contributed by atoms with Crippen molar-refractivity contribution in [3.63, 3.8) is 0 Å². The van der Waals surface area contributed by atoms with Gasteiger partial charge < -0.3 is 20.3 Å². The normalized spacial score (nSPS) is 10.4. The summed E-state index contributed by atoms with van der Waals surface area (Å²) < 4.78 is 11.4. The van der Waals surface area contributed by atoms with E-state index >= 15 is 0 Å². The van der Waals surface area contributed by atoms with Crippen LogP contribution in [-0.2, 0) is 13.0 Å². The van der Waals surface area contributed by atoms with Crippen LogP contribution in [0, 0.1) is 0 Å². The highest BCUT2D eigenvalue weighted by atomic mass is 16.5. The fraction of sp³-hybridized carbons (Fsp3) is 0.294. The van der Waals surface area contributed by atoms with Crippen LogP contribution in [0.1, 0.15) is 18.1 Å². The molecule has 2 aromatic carbocycles. The molecule has 0 bridgehead atoms. The zero-order valence-electron chi connectivity index (χ0n) is 12.2. The van der Waals surface area contributed by atoms with E-state index < -0.39 is 0 Å². The Morgan fingerprint density at radius 2 is 1.86 bits per heavy atom. The van der Waals surface area contributed by atoms with Gasteiger partial charge in [0.15, 0.2) is 11.5 Å². The van der Waals surface area contributed by atoms with E-state index in [1.54, 1.807) is 18.2 Å². The van der Waals surface area contributed by atoms with E-state index in [0.717, 1.165) is 23.3 Å². The molecule has 112 valence electrons. The Labute approximate surface area is 125 Å². The smallest absolute Gasteiger partial charge is 0.161 e. The predicted octanol–water partition coefficient (Wildman–Crippen LogP) is 2.87. The van der Waals surface area contributed by atoms with Gasteiger partial charge in [-0.3, -0.25) is 0 Å². The Bertz CT molecular complexity index is 584. The van der Waals surface area contributed by atoms with Crippen LogP contribution >= 0.6 is 0 Å². The number of phenolic OH excluding ortho intramolecular Hbond substituents is 1. The van der Waals surface area contributed by atoms with Crippen LogP contribution in [0.2, 0.25) is 0 Å². The lowest BCUT2D eigenvalue weighted by atomic mass is 10.1. The van der Waals surface area contributed by atoms with E-state index in [1.165, 1.54) is 0 Å². The molecule has 0 aliphatic carbocycles. The van der Waals surface area contributed by atoms with Crippen LogP contribution < -0.4 is 15.2 Å². The molecule has 0 amide bonds. The molecule has 21 heavy (non-hydrogen) atoms. The number of hydrogen-bond acceptors (Lipinski definition) is 4. The van der Waals surface area contributed by atoms with Crippen molar-refractivity contribution in [1.29, 1.82) is 0 Å². The maximum atomic E-state index is 9.45. The average Bonchev–Trinajstić information content (AvgIpc) is 2.47. The molecule has 0 saturated heterocycles. The standard InChI is InChI=1S/C17H21NO3/c1-2-20-17-11-13(8-9-18)6-7-16(17)21-12-14-4-3-5-15(19)10-14/h3-7,10-11,19H,2,8-9,12,18H2,1H3. The van der Waals surface area contributed by atoms with Gasteiger partial charge in [0.1, 0.15) is 12.4 Å². The maximum absolute atomic E-state index is 9.45. The van der Waals surface area contributed by atoms with Crippen molar-refractivity contribution in [3.05, 3.63) is 53.6 Å². The number of phenols is 1. The van der Waals surface area contributed by atoms with Crippen LogP contribution in [0.3, 0.4) is 0 Å². The van der Waals surface area contributed by atoms with Gasteiger partial charge in [-0.1, -0.05) is 18.2 Å². The van der Waals surface area contributed by atoms with E-state index in [2.05, 4.69) is 0 Å². The minimum absolute atomic E-state index is 0.236. The van der Waals surface area contributed by atoms with Gasteiger partial charge in [0.2, 0.25) is 0 Å². The molecular formula is C17H21NO3. The third-order valence-corrected chi connectivity index (χ3v) is 3.05. The number of benzene rings is 2. The quantitative estimate of drug-likeness (QED) is 0.822. The fourth-order valence-electron chi connectivity index (χ4n) is 2.07. The van der Waals surface area contributed by atoms with Crippen LogP contribution in [0.25, 0.3) is 0 Å². The second kappa shape index (κ2) is 7.55.